The van der Waals surface area contributed by atoms with Crippen LogP contribution in [0.5, 0.6) is 11.6 Å². The molecule has 0 fully saturated rings. The Morgan fingerprint density at radius 3 is 2.91 bits per heavy atom. The fourth-order valence-electron chi connectivity index (χ4n) is 1.65. The molecule has 0 unspecified atom stereocenters. The molecule has 1 aromatic carbocycles. The van der Waals surface area contributed by atoms with Crippen molar-refractivity contribution < 1.29 is 4.74 Å². The van der Waals surface area contributed by atoms with Gasteiger partial charge in [-0.25, -0.2) is 15.0 Å². The zero-order valence-corrected chi connectivity index (χ0v) is 14.1. The zero-order valence-electron chi connectivity index (χ0n) is 11.7. The smallest absolute Gasteiger partial charge is 0.223 e. The first-order chi connectivity index (χ1) is 10.7. The van der Waals surface area contributed by atoms with Gasteiger partial charge in [-0.3, -0.25) is 5.10 Å². The maximum atomic E-state index is 5.75. The van der Waals surface area contributed by atoms with Gasteiger partial charge in [-0.2, -0.15) is 0 Å². The first-order valence-electron chi connectivity index (χ1n) is 6.58. The average molecular weight is 378 g/mol. The second-order valence-electron chi connectivity index (χ2n) is 4.25. The van der Waals surface area contributed by atoms with Gasteiger partial charge in [0.25, 0.3) is 0 Å². The zero-order chi connectivity index (χ0) is 15.4. The molecule has 3 rings (SSSR count). The highest BCUT2D eigenvalue weighted by Crippen LogP contribution is 2.30. The van der Waals surface area contributed by atoms with E-state index in [4.69, 9.17) is 4.74 Å². The van der Waals surface area contributed by atoms with E-state index in [2.05, 4.69) is 41.1 Å². The van der Waals surface area contributed by atoms with E-state index in [0.717, 1.165) is 21.7 Å². The summed E-state index contributed by atoms with van der Waals surface area (Å²) in [6.07, 6.45) is 2.27. The van der Waals surface area contributed by atoms with Crippen LogP contribution in [0.3, 0.4) is 0 Å². The topological polar surface area (TPSA) is 76.6 Å². The van der Waals surface area contributed by atoms with E-state index < -0.39 is 0 Å². The number of benzene rings is 1. The summed E-state index contributed by atoms with van der Waals surface area (Å²) in [5.74, 6) is 2.01. The second-order valence-corrected chi connectivity index (χ2v) is 6.09. The number of hydrogen-bond donors (Lipinski definition) is 1. The summed E-state index contributed by atoms with van der Waals surface area (Å²) >= 11 is 4.80. The van der Waals surface area contributed by atoms with Crippen molar-refractivity contribution >= 4 is 27.7 Å². The standard InChI is InChI=1S/C14H12BrN5OS/c1-2-11-18-14(20-19-11)22-13-7-12(16-8-17-13)21-10-6-4-3-5-9(10)15/h3-8H,2H2,1H3,(H,18,19,20). The van der Waals surface area contributed by atoms with Crippen molar-refractivity contribution in [3.8, 4) is 11.6 Å². The minimum absolute atomic E-state index is 0.468. The molecule has 0 saturated heterocycles. The summed E-state index contributed by atoms with van der Waals surface area (Å²) in [4.78, 5) is 12.7. The Morgan fingerprint density at radius 1 is 1.27 bits per heavy atom. The van der Waals surface area contributed by atoms with Crippen LogP contribution in [0.25, 0.3) is 0 Å². The largest absolute Gasteiger partial charge is 0.438 e. The number of hydrogen-bond acceptors (Lipinski definition) is 6. The Morgan fingerprint density at radius 2 is 2.14 bits per heavy atom. The average Bonchev–Trinajstić information content (AvgIpc) is 2.98. The maximum absolute atomic E-state index is 5.75. The quantitative estimate of drug-likeness (QED) is 0.680. The molecule has 8 heteroatoms. The lowest BCUT2D eigenvalue weighted by Gasteiger charge is -2.06. The molecule has 0 aliphatic carbocycles. The minimum Gasteiger partial charge on any atom is -0.438 e. The van der Waals surface area contributed by atoms with Gasteiger partial charge >= 0.3 is 0 Å². The number of aromatic amines is 1. The van der Waals surface area contributed by atoms with E-state index in [1.54, 1.807) is 6.07 Å². The molecule has 0 amide bonds. The molecular weight excluding hydrogens is 366 g/mol. The van der Waals surface area contributed by atoms with Gasteiger partial charge < -0.3 is 4.74 Å². The Hall–Kier alpha value is -1.93. The van der Waals surface area contributed by atoms with Crippen molar-refractivity contribution in [1.29, 1.82) is 0 Å². The van der Waals surface area contributed by atoms with Crippen molar-refractivity contribution in [2.75, 3.05) is 0 Å². The molecule has 22 heavy (non-hydrogen) atoms. The van der Waals surface area contributed by atoms with E-state index in [1.165, 1.54) is 18.1 Å². The number of H-pyrrole nitrogens is 1. The first kappa shape index (κ1) is 15.0. The summed E-state index contributed by atoms with van der Waals surface area (Å²) in [6.45, 7) is 2.02. The molecule has 112 valence electrons. The van der Waals surface area contributed by atoms with Crippen LogP contribution in [0.2, 0.25) is 0 Å². The molecule has 0 radical (unpaired) electrons. The predicted octanol–water partition coefficient (Wildman–Crippen LogP) is 3.86. The molecule has 0 aliphatic heterocycles. The van der Waals surface area contributed by atoms with Crippen LogP contribution in [-0.4, -0.2) is 25.1 Å². The Labute approximate surface area is 139 Å². The summed E-state index contributed by atoms with van der Waals surface area (Å²) in [7, 11) is 0. The maximum Gasteiger partial charge on any atom is 0.223 e. The monoisotopic (exact) mass is 377 g/mol. The highest BCUT2D eigenvalue weighted by Gasteiger charge is 2.08. The molecule has 0 saturated carbocycles. The van der Waals surface area contributed by atoms with Crippen molar-refractivity contribution in [3.05, 3.63) is 47.0 Å². The first-order valence-corrected chi connectivity index (χ1v) is 8.19. The van der Waals surface area contributed by atoms with Crippen molar-refractivity contribution in [2.45, 2.75) is 23.5 Å². The van der Waals surface area contributed by atoms with Gasteiger partial charge in [0.2, 0.25) is 11.0 Å². The number of halogens is 1. The number of aryl methyl sites for hydroxylation is 1. The van der Waals surface area contributed by atoms with Crippen LogP contribution >= 0.6 is 27.7 Å². The van der Waals surface area contributed by atoms with Crippen LogP contribution < -0.4 is 4.74 Å². The third kappa shape index (κ3) is 3.63. The van der Waals surface area contributed by atoms with E-state index in [1.807, 2.05) is 31.2 Å². The van der Waals surface area contributed by atoms with Crippen LogP contribution in [0.1, 0.15) is 12.7 Å². The van der Waals surface area contributed by atoms with E-state index in [0.29, 0.717) is 16.8 Å². The predicted molar refractivity (Wildman–Crippen MR) is 86.1 cm³/mol. The van der Waals surface area contributed by atoms with Gasteiger partial charge in [-0.15, -0.1) is 5.10 Å². The van der Waals surface area contributed by atoms with Crippen LogP contribution in [-0.2, 0) is 6.42 Å². The van der Waals surface area contributed by atoms with Gasteiger partial charge in [0.1, 0.15) is 22.9 Å². The van der Waals surface area contributed by atoms with E-state index in [9.17, 15) is 0 Å². The van der Waals surface area contributed by atoms with Gasteiger partial charge in [-0.05, 0) is 39.8 Å². The number of nitrogens with one attached hydrogen (secondary N) is 1. The number of rotatable bonds is 5. The Kier molecular flexibility index (Phi) is 4.69. The number of nitrogens with zero attached hydrogens (tertiary/aromatic N) is 4. The second kappa shape index (κ2) is 6.89. The van der Waals surface area contributed by atoms with Crippen molar-refractivity contribution in [2.24, 2.45) is 0 Å². The van der Waals surface area contributed by atoms with Crippen LogP contribution in [0, 0.1) is 0 Å². The number of ether oxygens (including phenoxy) is 1. The fraction of sp³-hybridized carbons (Fsp3) is 0.143. The van der Waals surface area contributed by atoms with Gasteiger partial charge in [0.15, 0.2) is 0 Å². The molecule has 6 nitrogen and oxygen atoms in total. The molecule has 3 aromatic rings. The lowest BCUT2D eigenvalue weighted by atomic mass is 10.3. The summed E-state index contributed by atoms with van der Waals surface area (Å²) < 4.78 is 6.62. The SMILES string of the molecule is CCc1nc(Sc2cc(Oc3ccccc3Br)ncn2)n[nH]1. The highest BCUT2D eigenvalue weighted by atomic mass is 79.9. The molecule has 1 N–H and O–H groups in total. The summed E-state index contributed by atoms with van der Waals surface area (Å²) in [5.41, 5.74) is 0. The third-order valence-electron chi connectivity index (χ3n) is 2.71. The number of para-hydroxylation sites is 1. The van der Waals surface area contributed by atoms with Crippen LogP contribution in [0.15, 0.2) is 51.3 Å². The van der Waals surface area contributed by atoms with Gasteiger partial charge in [0, 0.05) is 12.5 Å². The lowest BCUT2D eigenvalue weighted by molar-refractivity contribution is 0.456. The summed E-state index contributed by atoms with van der Waals surface area (Å²) in [5, 5.41) is 8.35. The molecule has 2 heterocycles. The summed E-state index contributed by atoms with van der Waals surface area (Å²) in [6, 6.07) is 9.35. The molecule has 0 aliphatic rings. The Balaban J connectivity index is 1.76. The molecule has 2 aromatic heterocycles. The Bertz CT molecular complexity index is 779. The minimum atomic E-state index is 0.468. The van der Waals surface area contributed by atoms with Gasteiger partial charge in [0.05, 0.1) is 4.47 Å². The van der Waals surface area contributed by atoms with E-state index >= 15 is 0 Å². The fourth-order valence-corrected chi connectivity index (χ4v) is 2.71. The number of aromatic nitrogens is 5. The third-order valence-corrected chi connectivity index (χ3v) is 4.16. The molecule has 0 atom stereocenters. The highest BCUT2D eigenvalue weighted by molar-refractivity contribution is 9.10. The lowest BCUT2D eigenvalue weighted by Crippen LogP contribution is -1.91. The van der Waals surface area contributed by atoms with Gasteiger partial charge in [-0.1, -0.05) is 19.1 Å². The molecule has 0 spiro atoms. The molecular formula is C14H12BrN5OS. The van der Waals surface area contributed by atoms with Crippen LogP contribution in [0.4, 0.5) is 0 Å². The molecule has 0 bridgehead atoms. The van der Waals surface area contributed by atoms with E-state index in [-0.39, 0.29) is 0 Å². The normalized spacial score (nSPS) is 10.6. The van der Waals surface area contributed by atoms with Crippen molar-refractivity contribution in [1.82, 2.24) is 25.1 Å². The van der Waals surface area contributed by atoms with Crippen molar-refractivity contribution in [3.63, 3.8) is 0 Å².